The van der Waals surface area contributed by atoms with Gasteiger partial charge in [0.15, 0.2) is 0 Å². The van der Waals surface area contributed by atoms with E-state index in [0.717, 1.165) is 0 Å². The van der Waals surface area contributed by atoms with Crippen molar-refractivity contribution in [2.45, 2.75) is 6.92 Å². The summed E-state index contributed by atoms with van der Waals surface area (Å²) >= 11 is 7.39. The van der Waals surface area contributed by atoms with Gasteiger partial charge in [0, 0.05) is 6.92 Å². The maximum absolute atomic E-state index is 9.59. The number of carbonyl (C=O) groups is 1. The molecule has 0 spiro atoms. The van der Waals surface area contributed by atoms with Gasteiger partial charge >= 0.3 is 70.8 Å². The molecule has 0 aliphatic rings. The molecule has 6 heteroatoms. The molecule has 0 fully saturated rings. The van der Waals surface area contributed by atoms with Crippen LogP contribution in [0.2, 0.25) is 0 Å². The van der Waals surface area contributed by atoms with Gasteiger partial charge in [-0.1, -0.05) is 0 Å². The summed E-state index contributed by atoms with van der Waals surface area (Å²) in [5, 5.41) is 0. The number of halogens is 3. The zero-order chi connectivity index (χ0) is 7.86. The van der Waals surface area contributed by atoms with Crippen molar-refractivity contribution in [3.63, 3.8) is 0 Å². The third-order valence-electron chi connectivity index (χ3n) is 0.287. The molecule has 0 atom stereocenters. The third kappa shape index (κ3) is 38.7. The fourth-order valence-electron chi connectivity index (χ4n) is 0. The predicted octanol–water partition coefficient (Wildman–Crippen LogP) is 2.83. The summed E-state index contributed by atoms with van der Waals surface area (Å²) in [6, 6.07) is 0. The first-order chi connectivity index (χ1) is 4.00. The molecular formula is C3H6I3O2V. The Labute approximate surface area is 92.6 Å². The summed E-state index contributed by atoms with van der Waals surface area (Å²) in [5.41, 5.74) is 0. The normalized spacial score (nSPS) is 7.78. The molecule has 2 nitrogen and oxygen atoms in total. The molecule has 0 aliphatic heterocycles. The molecule has 0 aromatic rings. The SMILES string of the molecule is COC(C)=O.[I][V]([I])[I]. The van der Waals surface area contributed by atoms with Crippen LogP contribution in [0.4, 0.5) is 0 Å². The predicted molar refractivity (Wildman–Crippen MR) is 59.8 cm³/mol. The molecule has 0 N–H and O–H groups in total. The maximum atomic E-state index is 9.59. The van der Waals surface area contributed by atoms with E-state index in [1.54, 1.807) is 0 Å². The molecule has 0 radical (unpaired) electrons. The molecule has 0 rings (SSSR count). The molecule has 0 bridgehead atoms. The molecular weight excluding hydrogens is 500 g/mol. The first-order valence-corrected chi connectivity index (χ1v) is 15.3. The zero-order valence-electron chi connectivity index (χ0n) is 4.90. The average Bonchev–Trinajstić information content (AvgIpc) is 1.65. The first kappa shape index (κ1) is 13.8. The van der Waals surface area contributed by atoms with Crippen molar-refractivity contribution in [2.24, 2.45) is 0 Å². The summed E-state index contributed by atoms with van der Waals surface area (Å²) in [6.45, 7) is 1.36. The molecule has 0 aliphatic carbocycles. The van der Waals surface area contributed by atoms with Gasteiger partial charge in [-0.15, -0.1) is 0 Å². The van der Waals surface area contributed by atoms with Gasteiger partial charge in [-0.3, -0.25) is 4.79 Å². The molecule has 0 amide bonds. The molecule has 0 aromatic heterocycles. The molecule has 0 unspecified atom stereocenters. The van der Waals surface area contributed by atoms with Gasteiger partial charge in [0.1, 0.15) is 0 Å². The van der Waals surface area contributed by atoms with Crippen LogP contribution < -0.4 is 0 Å². The summed E-state index contributed by atoms with van der Waals surface area (Å²) in [4.78, 5) is 9.31. The molecule has 0 saturated heterocycles. The van der Waals surface area contributed by atoms with Crippen molar-refractivity contribution in [3.8, 4) is 0 Å². The van der Waals surface area contributed by atoms with Crippen molar-refractivity contribution in [1.82, 2.24) is 0 Å². The summed E-state index contributed by atoms with van der Waals surface area (Å²) in [5.74, 6) is -0.245. The van der Waals surface area contributed by atoms with Crippen LogP contribution in [0, 0.1) is 0 Å². The number of carbonyl (C=O) groups excluding carboxylic acids is 1. The minimum atomic E-state index is -0.278. The van der Waals surface area contributed by atoms with Crippen molar-refractivity contribution < 1.29 is 14.5 Å². The second-order valence-corrected chi connectivity index (χ2v) is 36.3. The topological polar surface area (TPSA) is 26.3 Å². The first-order valence-electron chi connectivity index (χ1n) is 1.82. The van der Waals surface area contributed by atoms with Crippen LogP contribution in [0.25, 0.3) is 0 Å². The van der Waals surface area contributed by atoms with E-state index in [4.69, 9.17) is 0 Å². The van der Waals surface area contributed by atoms with Gasteiger partial charge in [0.05, 0.1) is 7.11 Å². The van der Waals surface area contributed by atoms with Gasteiger partial charge in [0.25, 0.3) is 0 Å². The number of ether oxygens (including phenoxy) is 1. The van der Waals surface area contributed by atoms with E-state index < -0.39 is 0 Å². The molecule has 56 valence electrons. The zero-order valence-corrected chi connectivity index (χ0v) is 12.8. The number of esters is 1. The van der Waals surface area contributed by atoms with Crippen LogP contribution >= 0.6 is 59.9 Å². The van der Waals surface area contributed by atoms with Crippen LogP contribution in [-0.2, 0) is 14.5 Å². The van der Waals surface area contributed by atoms with Crippen molar-refractivity contribution in [2.75, 3.05) is 7.11 Å². The Kier molecular flexibility index (Phi) is 15.7. The Morgan fingerprint density at radius 3 is 1.56 bits per heavy atom. The van der Waals surface area contributed by atoms with Crippen molar-refractivity contribution in [1.29, 1.82) is 0 Å². The van der Waals surface area contributed by atoms with E-state index in [1.807, 2.05) is 0 Å². The average molecular weight is 506 g/mol. The van der Waals surface area contributed by atoms with Gasteiger partial charge in [-0.05, 0) is 0 Å². The quantitative estimate of drug-likeness (QED) is 0.374. The van der Waals surface area contributed by atoms with Crippen molar-refractivity contribution >= 4 is 65.9 Å². The van der Waals surface area contributed by atoms with Crippen molar-refractivity contribution in [3.05, 3.63) is 0 Å². The Morgan fingerprint density at radius 1 is 1.44 bits per heavy atom. The monoisotopic (exact) mass is 506 g/mol. The Bertz CT molecular complexity index is 74.7. The fourth-order valence-corrected chi connectivity index (χ4v) is 0. The van der Waals surface area contributed by atoms with E-state index in [2.05, 4.69) is 64.7 Å². The number of hydrogen-bond donors (Lipinski definition) is 0. The van der Waals surface area contributed by atoms with Gasteiger partial charge < -0.3 is 4.74 Å². The number of methoxy groups -OCH3 is 1. The van der Waals surface area contributed by atoms with Crippen LogP contribution in [0.5, 0.6) is 0 Å². The second-order valence-electron chi connectivity index (χ2n) is 0.887. The summed E-state index contributed by atoms with van der Waals surface area (Å²) < 4.78 is 4.11. The standard InChI is InChI=1S/C3H6O2.3HI.V/c1-3(4)5-2;;;;/h1-2H3;3*1H;/q;;;;+3/p-3. The van der Waals surface area contributed by atoms with Gasteiger partial charge in [0.2, 0.25) is 0 Å². The van der Waals surface area contributed by atoms with E-state index in [1.165, 1.54) is 14.0 Å². The van der Waals surface area contributed by atoms with E-state index in [-0.39, 0.29) is 10.9 Å². The van der Waals surface area contributed by atoms with E-state index >= 15 is 0 Å². The minimum absolute atomic E-state index is 0.245. The van der Waals surface area contributed by atoms with Crippen LogP contribution in [0.15, 0.2) is 0 Å². The van der Waals surface area contributed by atoms with Crippen LogP contribution in [0.1, 0.15) is 6.92 Å². The Hall–Kier alpha value is 2.24. The third-order valence-corrected chi connectivity index (χ3v) is 0.287. The van der Waals surface area contributed by atoms with Crippen LogP contribution in [0.3, 0.4) is 0 Å². The van der Waals surface area contributed by atoms with E-state index in [0.29, 0.717) is 0 Å². The number of hydrogen-bond acceptors (Lipinski definition) is 2. The Morgan fingerprint density at radius 2 is 1.56 bits per heavy atom. The molecule has 0 saturated carbocycles. The summed E-state index contributed by atoms with van der Waals surface area (Å²) in [6.07, 6.45) is 0. The molecule has 9 heavy (non-hydrogen) atoms. The Balaban J connectivity index is 0. The van der Waals surface area contributed by atoms with E-state index in [9.17, 15) is 4.79 Å². The summed E-state index contributed by atoms with van der Waals surface area (Å²) in [7, 11) is 1.35. The van der Waals surface area contributed by atoms with Gasteiger partial charge in [-0.25, -0.2) is 0 Å². The molecule has 0 heterocycles. The fraction of sp³-hybridized carbons (Fsp3) is 0.667. The van der Waals surface area contributed by atoms with Crippen LogP contribution in [-0.4, -0.2) is 13.1 Å². The number of rotatable bonds is 0. The second kappa shape index (κ2) is 10.2. The van der Waals surface area contributed by atoms with Gasteiger partial charge in [-0.2, -0.15) is 0 Å². The molecule has 0 aromatic carbocycles.